The van der Waals surface area contributed by atoms with Crippen LogP contribution in [-0.4, -0.2) is 9.67 Å². The Bertz CT molecular complexity index is 529. The molecule has 0 radical (unpaired) electrons. The lowest BCUT2D eigenvalue weighted by Crippen LogP contribution is -2.11. The molecule has 0 aliphatic rings. The van der Waals surface area contributed by atoms with E-state index < -0.39 is 6.10 Å². The van der Waals surface area contributed by atoms with Crippen LogP contribution in [0.4, 0.5) is 0 Å². The molecule has 2 heteroatoms. The van der Waals surface area contributed by atoms with Crippen molar-refractivity contribution in [2.45, 2.75) is 45.8 Å². The van der Waals surface area contributed by atoms with Crippen molar-refractivity contribution < 1.29 is 5.11 Å². The van der Waals surface area contributed by atoms with Gasteiger partial charge in [-0.05, 0) is 35.6 Å². The molecule has 0 fully saturated rings. The summed E-state index contributed by atoms with van der Waals surface area (Å²) in [5.74, 6) is 0. The summed E-state index contributed by atoms with van der Waals surface area (Å²) in [4.78, 5) is 0. The second-order valence-electron chi connectivity index (χ2n) is 6.18. The summed E-state index contributed by atoms with van der Waals surface area (Å²) < 4.78 is 2.09. The number of aromatic nitrogens is 1. The maximum atomic E-state index is 9.70. The molecule has 1 aromatic carbocycles. The van der Waals surface area contributed by atoms with Crippen LogP contribution < -0.4 is 0 Å². The average molecular weight is 257 g/mol. The van der Waals surface area contributed by atoms with Crippen LogP contribution in [0, 0.1) is 0 Å². The Kier molecular flexibility index (Phi) is 3.81. The molecule has 2 rings (SSSR count). The van der Waals surface area contributed by atoms with Gasteiger partial charge in [-0.2, -0.15) is 0 Å². The summed E-state index contributed by atoms with van der Waals surface area (Å²) >= 11 is 0. The van der Waals surface area contributed by atoms with E-state index in [1.165, 1.54) is 11.1 Å². The third kappa shape index (κ3) is 3.27. The Morgan fingerprint density at radius 2 is 1.74 bits per heavy atom. The highest BCUT2D eigenvalue weighted by atomic mass is 16.3. The Balaban J connectivity index is 2.18. The van der Waals surface area contributed by atoms with E-state index in [1.54, 1.807) is 6.92 Å². The molecule has 1 heterocycles. The monoisotopic (exact) mass is 257 g/mol. The van der Waals surface area contributed by atoms with Crippen LogP contribution in [0.1, 0.15) is 50.6 Å². The van der Waals surface area contributed by atoms with Gasteiger partial charge in [0.1, 0.15) is 0 Å². The molecule has 0 bridgehead atoms. The van der Waals surface area contributed by atoms with Crippen LogP contribution >= 0.6 is 0 Å². The fourth-order valence-corrected chi connectivity index (χ4v) is 2.26. The van der Waals surface area contributed by atoms with E-state index in [9.17, 15) is 5.11 Å². The molecule has 0 saturated heterocycles. The van der Waals surface area contributed by atoms with Crippen molar-refractivity contribution in [3.05, 3.63) is 59.4 Å². The van der Waals surface area contributed by atoms with E-state index in [0.29, 0.717) is 0 Å². The van der Waals surface area contributed by atoms with Crippen LogP contribution in [0.25, 0.3) is 0 Å². The number of rotatable bonds is 3. The summed E-state index contributed by atoms with van der Waals surface area (Å²) in [6.07, 6.45) is 1.59. The second-order valence-corrected chi connectivity index (χ2v) is 6.18. The SMILES string of the molecule is CC(O)c1cccn1Cc1ccc(C(C)(C)C)cc1. The Labute approximate surface area is 115 Å². The first-order chi connectivity index (χ1) is 8.88. The molecule has 0 spiro atoms. The first-order valence-corrected chi connectivity index (χ1v) is 6.80. The number of hydrogen-bond donors (Lipinski definition) is 1. The van der Waals surface area contributed by atoms with Gasteiger partial charge in [-0.15, -0.1) is 0 Å². The third-order valence-electron chi connectivity index (χ3n) is 3.47. The van der Waals surface area contributed by atoms with Crippen molar-refractivity contribution in [2.75, 3.05) is 0 Å². The van der Waals surface area contributed by atoms with Gasteiger partial charge in [0.15, 0.2) is 0 Å². The van der Waals surface area contributed by atoms with Gasteiger partial charge in [0.05, 0.1) is 6.10 Å². The summed E-state index contributed by atoms with van der Waals surface area (Å²) in [7, 11) is 0. The van der Waals surface area contributed by atoms with Crippen molar-refractivity contribution in [3.63, 3.8) is 0 Å². The molecule has 2 nitrogen and oxygen atoms in total. The lowest BCUT2D eigenvalue weighted by Gasteiger charge is -2.19. The standard InChI is InChI=1S/C17H23NO/c1-13(19)16-6-5-11-18(16)12-14-7-9-15(10-8-14)17(2,3)4/h5-11,13,19H,12H2,1-4H3. The van der Waals surface area contributed by atoms with Gasteiger partial charge < -0.3 is 9.67 Å². The minimum atomic E-state index is -0.427. The summed E-state index contributed by atoms with van der Waals surface area (Å²) in [5.41, 5.74) is 3.75. The number of aliphatic hydroxyl groups excluding tert-OH is 1. The smallest absolute Gasteiger partial charge is 0.0911 e. The predicted octanol–water partition coefficient (Wildman–Crippen LogP) is 3.89. The van der Waals surface area contributed by atoms with Crippen LogP contribution in [0.5, 0.6) is 0 Å². The first-order valence-electron chi connectivity index (χ1n) is 6.80. The lowest BCUT2D eigenvalue weighted by atomic mass is 9.87. The zero-order valence-corrected chi connectivity index (χ0v) is 12.2. The van der Waals surface area contributed by atoms with Crippen molar-refractivity contribution in [1.29, 1.82) is 0 Å². The molecule has 0 aliphatic heterocycles. The summed E-state index contributed by atoms with van der Waals surface area (Å²) in [6, 6.07) is 12.7. The molecule has 0 aliphatic carbocycles. The molecule has 1 aromatic heterocycles. The van der Waals surface area contributed by atoms with E-state index >= 15 is 0 Å². The first kappa shape index (κ1) is 13.9. The zero-order valence-electron chi connectivity index (χ0n) is 12.2. The molecule has 1 unspecified atom stereocenters. The van der Waals surface area contributed by atoms with Gasteiger partial charge in [-0.3, -0.25) is 0 Å². The second kappa shape index (κ2) is 5.22. The summed E-state index contributed by atoms with van der Waals surface area (Å²) in [5, 5.41) is 9.70. The van der Waals surface area contributed by atoms with Crippen LogP contribution in [-0.2, 0) is 12.0 Å². The molecule has 19 heavy (non-hydrogen) atoms. The van der Waals surface area contributed by atoms with Gasteiger partial charge in [0.25, 0.3) is 0 Å². The van der Waals surface area contributed by atoms with Gasteiger partial charge >= 0.3 is 0 Å². The normalized spacial score (nSPS) is 13.5. The highest BCUT2D eigenvalue weighted by Crippen LogP contribution is 2.23. The van der Waals surface area contributed by atoms with Gasteiger partial charge in [0.2, 0.25) is 0 Å². The van der Waals surface area contributed by atoms with Crippen molar-refractivity contribution in [2.24, 2.45) is 0 Å². The molecule has 0 amide bonds. The van der Waals surface area contributed by atoms with Crippen LogP contribution in [0.3, 0.4) is 0 Å². The number of nitrogens with zero attached hydrogens (tertiary/aromatic N) is 1. The number of benzene rings is 1. The van der Waals surface area contributed by atoms with E-state index in [4.69, 9.17) is 0 Å². The Morgan fingerprint density at radius 1 is 1.11 bits per heavy atom. The summed E-state index contributed by atoms with van der Waals surface area (Å²) in [6.45, 7) is 9.27. The maximum Gasteiger partial charge on any atom is 0.0911 e. The molecule has 0 saturated carbocycles. The van der Waals surface area contributed by atoms with Crippen molar-refractivity contribution in [1.82, 2.24) is 4.57 Å². The van der Waals surface area contributed by atoms with E-state index in [0.717, 1.165) is 12.2 Å². The average Bonchev–Trinajstić information content (AvgIpc) is 2.77. The lowest BCUT2D eigenvalue weighted by molar-refractivity contribution is 0.190. The number of aliphatic hydroxyl groups is 1. The zero-order chi connectivity index (χ0) is 14.0. The fraction of sp³-hybridized carbons (Fsp3) is 0.412. The molecule has 102 valence electrons. The quantitative estimate of drug-likeness (QED) is 0.886. The molecular weight excluding hydrogens is 234 g/mol. The predicted molar refractivity (Wildman–Crippen MR) is 79.3 cm³/mol. The molecule has 2 aromatic rings. The molecule has 1 atom stereocenters. The molecule has 1 N–H and O–H groups in total. The highest BCUT2D eigenvalue weighted by molar-refractivity contribution is 5.28. The molecular formula is C17H23NO. The van der Waals surface area contributed by atoms with E-state index in [-0.39, 0.29) is 5.41 Å². The third-order valence-corrected chi connectivity index (χ3v) is 3.47. The van der Waals surface area contributed by atoms with Gasteiger partial charge in [-0.25, -0.2) is 0 Å². The number of hydrogen-bond acceptors (Lipinski definition) is 1. The largest absolute Gasteiger partial charge is 0.387 e. The fourth-order valence-electron chi connectivity index (χ4n) is 2.26. The van der Waals surface area contributed by atoms with E-state index in [2.05, 4.69) is 49.6 Å². The Hall–Kier alpha value is -1.54. The van der Waals surface area contributed by atoms with Crippen LogP contribution in [0.15, 0.2) is 42.6 Å². The minimum absolute atomic E-state index is 0.191. The highest BCUT2D eigenvalue weighted by Gasteiger charge is 2.13. The van der Waals surface area contributed by atoms with Gasteiger partial charge in [-0.1, -0.05) is 45.0 Å². The maximum absolute atomic E-state index is 9.70. The topological polar surface area (TPSA) is 25.2 Å². The van der Waals surface area contributed by atoms with Gasteiger partial charge in [0, 0.05) is 18.4 Å². The van der Waals surface area contributed by atoms with Crippen molar-refractivity contribution in [3.8, 4) is 0 Å². The van der Waals surface area contributed by atoms with Crippen molar-refractivity contribution >= 4 is 0 Å². The van der Waals surface area contributed by atoms with E-state index in [1.807, 2.05) is 18.3 Å². The van der Waals surface area contributed by atoms with Crippen LogP contribution in [0.2, 0.25) is 0 Å². The minimum Gasteiger partial charge on any atom is -0.387 e. The Morgan fingerprint density at radius 3 is 2.26 bits per heavy atom.